The average molecular weight is 324 g/mol. The van der Waals surface area contributed by atoms with E-state index in [0.29, 0.717) is 11.6 Å². The van der Waals surface area contributed by atoms with Gasteiger partial charge in [0.05, 0.1) is 12.6 Å². The number of furan rings is 1. The summed E-state index contributed by atoms with van der Waals surface area (Å²) in [5.74, 6) is 0.898. The lowest BCUT2D eigenvalue weighted by atomic mass is 9.84. The van der Waals surface area contributed by atoms with Crippen molar-refractivity contribution in [3.8, 4) is 0 Å². The number of benzene rings is 1. The highest BCUT2D eigenvalue weighted by molar-refractivity contribution is 6.31. The maximum Gasteiger partial charge on any atom is 0.134 e. The van der Waals surface area contributed by atoms with Crippen LogP contribution in [0.2, 0.25) is 5.02 Å². The Balaban J connectivity index is 1.68. The molecule has 1 saturated heterocycles. The first-order valence-corrected chi connectivity index (χ1v) is 8.11. The monoisotopic (exact) mass is 323 g/mol. The smallest absolute Gasteiger partial charge is 0.134 e. The average Bonchev–Trinajstić information content (AvgIpc) is 3.12. The molecule has 2 heterocycles. The SMILES string of the molecule is C[C@H](NC[C@@]1(CCO)CCOC1)c1cc2cc(Cl)ccc2o1. The van der Waals surface area contributed by atoms with Gasteiger partial charge >= 0.3 is 0 Å². The fourth-order valence-electron chi connectivity index (χ4n) is 3.03. The van der Waals surface area contributed by atoms with Gasteiger partial charge in [-0.2, -0.15) is 0 Å². The molecule has 2 aromatic rings. The van der Waals surface area contributed by atoms with Crippen LogP contribution in [-0.2, 0) is 4.74 Å². The highest BCUT2D eigenvalue weighted by Crippen LogP contribution is 2.33. The molecular formula is C17H22ClNO3. The number of halogens is 1. The minimum Gasteiger partial charge on any atom is -0.459 e. The Labute approximate surface area is 135 Å². The lowest BCUT2D eigenvalue weighted by Gasteiger charge is -2.28. The van der Waals surface area contributed by atoms with E-state index in [4.69, 9.17) is 20.8 Å². The van der Waals surface area contributed by atoms with Crippen LogP contribution in [0.4, 0.5) is 0 Å². The van der Waals surface area contributed by atoms with Gasteiger partial charge in [0.1, 0.15) is 11.3 Å². The van der Waals surface area contributed by atoms with Crippen molar-refractivity contribution in [3.63, 3.8) is 0 Å². The second-order valence-electron chi connectivity index (χ2n) is 6.21. The molecule has 2 N–H and O–H groups in total. The molecule has 0 aliphatic carbocycles. The quantitative estimate of drug-likeness (QED) is 0.854. The Morgan fingerprint density at radius 2 is 2.27 bits per heavy atom. The Kier molecular flexibility index (Phi) is 4.73. The summed E-state index contributed by atoms with van der Waals surface area (Å²) in [6.45, 7) is 4.58. The molecule has 2 atom stereocenters. The van der Waals surface area contributed by atoms with Crippen molar-refractivity contribution in [2.24, 2.45) is 5.41 Å². The number of hydrogen-bond donors (Lipinski definition) is 2. The Hall–Kier alpha value is -1.07. The fourth-order valence-corrected chi connectivity index (χ4v) is 3.21. The maximum absolute atomic E-state index is 9.28. The van der Waals surface area contributed by atoms with E-state index in [-0.39, 0.29) is 18.1 Å². The van der Waals surface area contributed by atoms with Crippen LogP contribution in [0.5, 0.6) is 0 Å². The zero-order valence-corrected chi connectivity index (χ0v) is 13.5. The van der Waals surface area contributed by atoms with Gasteiger partial charge in [0, 0.05) is 35.6 Å². The molecule has 5 heteroatoms. The lowest BCUT2D eigenvalue weighted by Crippen LogP contribution is -2.36. The highest BCUT2D eigenvalue weighted by atomic mass is 35.5. The predicted molar refractivity (Wildman–Crippen MR) is 87.2 cm³/mol. The van der Waals surface area contributed by atoms with Crippen molar-refractivity contribution >= 4 is 22.6 Å². The maximum atomic E-state index is 9.28. The summed E-state index contributed by atoms with van der Waals surface area (Å²) in [5, 5.41) is 14.5. The molecule has 4 nitrogen and oxygen atoms in total. The van der Waals surface area contributed by atoms with Gasteiger partial charge in [0.2, 0.25) is 0 Å². The number of rotatable bonds is 6. The van der Waals surface area contributed by atoms with Crippen LogP contribution in [0.15, 0.2) is 28.7 Å². The van der Waals surface area contributed by atoms with Crippen LogP contribution in [0.3, 0.4) is 0 Å². The van der Waals surface area contributed by atoms with Crippen LogP contribution in [0.1, 0.15) is 31.6 Å². The van der Waals surface area contributed by atoms with Gasteiger partial charge in [-0.25, -0.2) is 0 Å². The van der Waals surface area contributed by atoms with E-state index in [0.717, 1.165) is 42.7 Å². The minimum atomic E-state index is 0.0400. The van der Waals surface area contributed by atoms with Crippen molar-refractivity contribution in [2.75, 3.05) is 26.4 Å². The standard InChI is InChI=1S/C17H22ClNO3/c1-12(19-10-17(4-6-20)5-7-21-11-17)16-9-13-8-14(18)2-3-15(13)22-16/h2-3,8-9,12,19-20H,4-7,10-11H2,1H3/t12-,17+/m0/s1. The van der Waals surface area contributed by atoms with E-state index in [2.05, 4.69) is 12.2 Å². The van der Waals surface area contributed by atoms with Crippen LogP contribution in [0.25, 0.3) is 11.0 Å². The van der Waals surface area contributed by atoms with Gasteiger partial charge in [-0.3, -0.25) is 0 Å². The summed E-state index contributed by atoms with van der Waals surface area (Å²) in [7, 11) is 0. The van der Waals surface area contributed by atoms with Crippen LogP contribution >= 0.6 is 11.6 Å². The molecule has 3 rings (SSSR count). The van der Waals surface area contributed by atoms with Gasteiger partial charge in [0.25, 0.3) is 0 Å². The zero-order chi connectivity index (χ0) is 15.6. The molecule has 1 aliphatic rings. The van der Waals surface area contributed by atoms with Crippen LogP contribution in [0, 0.1) is 5.41 Å². The van der Waals surface area contributed by atoms with E-state index < -0.39 is 0 Å². The van der Waals surface area contributed by atoms with Gasteiger partial charge in [-0.05, 0) is 44.0 Å². The van der Waals surface area contributed by atoms with Crippen molar-refractivity contribution < 1.29 is 14.3 Å². The number of aliphatic hydroxyl groups is 1. The third-order valence-corrected chi connectivity index (χ3v) is 4.77. The molecule has 120 valence electrons. The third-order valence-electron chi connectivity index (χ3n) is 4.53. The summed E-state index contributed by atoms with van der Waals surface area (Å²) >= 11 is 6.01. The molecule has 1 fully saturated rings. The topological polar surface area (TPSA) is 54.6 Å². The van der Waals surface area contributed by atoms with Crippen molar-refractivity contribution in [2.45, 2.75) is 25.8 Å². The minimum absolute atomic E-state index is 0.0400. The fraction of sp³-hybridized carbons (Fsp3) is 0.529. The molecule has 0 spiro atoms. The molecule has 0 saturated carbocycles. The van der Waals surface area contributed by atoms with Crippen molar-refractivity contribution in [3.05, 3.63) is 35.0 Å². The molecule has 22 heavy (non-hydrogen) atoms. The molecule has 0 radical (unpaired) electrons. The van der Waals surface area contributed by atoms with E-state index >= 15 is 0 Å². The molecular weight excluding hydrogens is 302 g/mol. The van der Waals surface area contributed by atoms with Crippen molar-refractivity contribution in [1.29, 1.82) is 0 Å². The zero-order valence-electron chi connectivity index (χ0n) is 12.8. The van der Waals surface area contributed by atoms with E-state index in [1.807, 2.05) is 24.3 Å². The normalized spacial score (nSPS) is 23.2. The van der Waals surface area contributed by atoms with Gasteiger partial charge in [-0.15, -0.1) is 0 Å². The van der Waals surface area contributed by atoms with E-state index in [1.165, 1.54) is 0 Å². The summed E-state index contributed by atoms with van der Waals surface area (Å²) < 4.78 is 11.4. The first kappa shape index (κ1) is 15.8. The molecule has 0 amide bonds. The number of hydrogen-bond acceptors (Lipinski definition) is 4. The van der Waals surface area contributed by atoms with Gasteiger partial charge < -0.3 is 19.6 Å². The first-order chi connectivity index (χ1) is 10.6. The predicted octanol–water partition coefficient (Wildman–Crippen LogP) is 3.53. The summed E-state index contributed by atoms with van der Waals surface area (Å²) in [6.07, 6.45) is 1.76. The Morgan fingerprint density at radius 1 is 1.41 bits per heavy atom. The van der Waals surface area contributed by atoms with Gasteiger partial charge in [0.15, 0.2) is 0 Å². The second-order valence-corrected chi connectivity index (χ2v) is 6.65. The number of ether oxygens (including phenoxy) is 1. The van der Waals surface area contributed by atoms with E-state index in [9.17, 15) is 5.11 Å². The second kappa shape index (κ2) is 6.59. The number of fused-ring (bicyclic) bond motifs is 1. The number of aliphatic hydroxyl groups excluding tert-OH is 1. The Morgan fingerprint density at radius 3 is 3.00 bits per heavy atom. The lowest BCUT2D eigenvalue weighted by molar-refractivity contribution is 0.122. The van der Waals surface area contributed by atoms with E-state index in [1.54, 1.807) is 0 Å². The van der Waals surface area contributed by atoms with Crippen molar-refractivity contribution in [1.82, 2.24) is 5.32 Å². The summed E-state index contributed by atoms with van der Waals surface area (Å²) in [5.41, 5.74) is 0.889. The van der Waals surface area contributed by atoms with Crippen LogP contribution in [-0.4, -0.2) is 31.5 Å². The first-order valence-electron chi connectivity index (χ1n) is 7.73. The molecule has 0 unspecified atom stereocenters. The molecule has 1 aromatic carbocycles. The molecule has 1 aromatic heterocycles. The molecule has 0 bridgehead atoms. The number of nitrogens with one attached hydrogen (secondary N) is 1. The highest BCUT2D eigenvalue weighted by Gasteiger charge is 2.34. The molecule has 1 aliphatic heterocycles. The summed E-state index contributed by atoms with van der Waals surface area (Å²) in [4.78, 5) is 0. The third kappa shape index (κ3) is 3.30. The van der Waals surface area contributed by atoms with Crippen LogP contribution < -0.4 is 5.32 Å². The summed E-state index contributed by atoms with van der Waals surface area (Å²) in [6, 6.07) is 7.77. The van der Waals surface area contributed by atoms with Gasteiger partial charge in [-0.1, -0.05) is 11.6 Å². The largest absolute Gasteiger partial charge is 0.459 e. The Bertz CT molecular complexity index is 634.